The van der Waals surface area contributed by atoms with E-state index in [-0.39, 0.29) is 17.5 Å². The van der Waals surface area contributed by atoms with Crippen molar-refractivity contribution in [2.75, 3.05) is 17.6 Å². The lowest BCUT2D eigenvalue weighted by atomic mass is 10.5. The van der Waals surface area contributed by atoms with Gasteiger partial charge in [-0.25, -0.2) is 29.3 Å². The number of carbonyl (C=O) groups is 2. The number of rotatable bonds is 9. The molecule has 0 saturated heterocycles. The number of hydrogen-bond donors (Lipinski definition) is 5. The van der Waals surface area contributed by atoms with Crippen LogP contribution in [0.4, 0.5) is 19.0 Å². The predicted molar refractivity (Wildman–Crippen MR) is 113 cm³/mol. The summed E-state index contributed by atoms with van der Waals surface area (Å²) in [5.74, 6) is -1.97. The molecule has 0 atom stereocenters. The molecule has 12 nitrogen and oxygen atoms in total. The highest BCUT2D eigenvalue weighted by Gasteiger charge is 2.26. The number of alkyl halides is 3. The minimum absolute atomic E-state index is 0.166. The quantitative estimate of drug-likeness (QED) is 0.0850. The second kappa shape index (κ2) is 13.6. The maximum absolute atomic E-state index is 12.1. The van der Waals surface area contributed by atoms with Crippen molar-refractivity contribution < 1.29 is 33.0 Å². The van der Waals surface area contributed by atoms with Crippen LogP contribution in [0.5, 0.6) is 0 Å². The van der Waals surface area contributed by atoms with E-state index in [0.717, 1.165) is 6.42 Å². The molecule has 6 N–H and O–H groups in total. The highest BCUT2D eigenvalue weighted by atomic mass is 32.2. The van der Waals surface area contributed by atoms with Gasteiger partial charge in [0.15, 0.2) is 11.1 Å². The van der Waals surface area contributed by atoms with E-state index in [1.807, 2.05) is 0 Å². The molecule has 0 radical (unpaired) electrons. The number of nitrogens with zero attached hydrogens (tertiary/aromatic N) is 4. The van der Waals surface area contributed by atoms with Gasteiger partial charge in [0.05, 0.1) is 0 Å². The molecule has 16 heteroatoms. The zero-order valence-corrected chi connectivity index (χ0v) is 17.6. The minimum Gasteiger partial charge on any atom is -0.478 e. The van der Waals surface area contributed by atoms with Gasteiger partial charge in [-0.3, -0.25) is 4.57 Å². The Hall–Kier alpha value is -3.82. The first kappa shape index (κ1) is 27.2. The number of nitrogens with one attached hydrogen (secondary N) is 2. The van der Waals surface area contributed by atoms with Crippen LogP contribution in [0.3, 0.4) is 0 Å². The number of halogens is 3. The molecule has 33 heavy (non-hydrogen) atoms. The van der Waals surface area contributed by atoms with Crippen LogP contribution >= 0.6 is 11.8 Å². The molecule has 0 aliphatic rings. The number of aliphatic carboxylic acids is 2. The zero-order chi connectivity index (χ0) is 24.9. The fourth-order valence-electron chi connectivity index (χ4n) is 1.89. The van der Waals surface area contributed by atoms with Crippen molar-refractivity contribution >= 4 is 35.5 Å². The molecule has 0 aliphatic heterocycles. The first-order chi connectivity index (χ1) is 15.5. The average molecular weight is 491 g/mol. The van der Waals surface area contributed by atoms with Gasteiger partial charge in [-0.15, -0.1) is 0 Å². The maximum Gasteiger partial charge on any atom is 0.408 e. The molecule has 0 fully saturated rings. The molecule has 2 aromatic heterocycles. The lowest BCUT2D eigenvalue weighted by molar-refractivity contribution is -0.134. The van der Waals surface area contributed by atoms with Crippen LogP contribution in [0, 0.1) is 0 Å². The summed E-state index contributed by atoms with van der Waals surface area (Å²) in [6, 6.07) is 1.47. The largest absolute Gasteiger partial charge is 0.478 e. The fraction of sp³-hybridized carbons (Fsp3) is 0.294. The second-order valence-electron chi connectivity index (χ2n) is 5.84. The Kier molecular flexibility index (Phi) is 11.2. The van der Waals surface area contributed by atoms with Gasteiger partial charge in [-0.2, -0.15) is 13.2 Å². The van der Waals surface area contributed by atoms with Crippen LogP contribution in [0.1, 0.15) is 6.42 Å². The zero-order valence-electron chi connectivity index (χ0n) is 16.8. The molecule has 0 aromatic carbocycles. The van der Waals surface area contributed by atoms with Crippen LogP contribution < -0.4 is 16.7 Å². The van der Waals surface area contributed by atoms with Crippen molar-refractivity contribution in [3.05, 3.63) is 47.3 Å². The number of imidazole rings is 1. The molecule has 2 aromatic rings. The summed E-state index contributed by atoms with van der Waals surface area (Å²) < 4.78 is 37.8. The third kappa shape index (κ3) is 13.2. The molecular weight excluding hydrogens is 471 g/mol. The van der Waals surface area contributed by atoms with Gasteiger partial charge in [-0.1, -0.05) is 11.8 Å². The lowest BCUT2D eigenvalue weighted by Gasteiger charge is -2.07. The van der Waals surface area contributed by atoms with Gasteiger partial charge in [-0.05, 0) is 12.5 Å². The summed E-state index contributed by atoms with van der Waals surface area (Å²) in [7, 11) is 0. The number of carboxylic acids is 2. The van der Waals surface area contributed by atoms with E-state index >= 15 is 0 Å². The van der Waals surface area contributed by atoms with Crippen LogP contribution in [-0.4, -0.2) is 66.1 Å². The van der Waals surface area contributed by atoms with Gasteiger partial charge < -0.3 is 26.2 Å². The van der Waals surface area contributed by atoms with Crippen molar-refractivity contribution in [2.45, 2.75) is 24.3 Å². The fourth-order valence-corrected chi connectivity index (χ4v) is 2.65. The van der Waals surface area contributed by atoms with Crippen LogP contribution in [0.15, 0.2) is 51.8 Å². The number of thioether (sulfide) groups is 1. The average Bonchev–Trinajstić information content (AvgIpc) is 3.13. The summed E-state index contributed by atoms with van der Waals surface area (Å²) in [5.41, 5.74) is 5.22. The van der Waals surface area contributed by atoms with E-state index in [9.17, 15) is 27.6 Å². The number of anilines is 1. The van der Waals surface area contributed by atoms with E-state index in [2.05, 4.69) is 25.3 Å². The molecule has 2 rings (SSSR count). The summed E-state index contributed by atoms with van der Waals surface area (Å²) >= 11 is 1.36. The number of hydrogen-bond acceptors (Lipinski definition) is 7. The Balaban J connectivity index is 0.000000582. The maximum atomic E-state index is 12.1. The van der Waals surface area contributed by atoms with E-state index < -0.39 is 24.7 Å². The minimum atomic E-state index is -4.42. The molecule has 2 heterocycles. The molecule has 180 valence electrons. The predicted octanol–water partition coefficient (Wildman–Crippen LogP) is 1.15. The van der Waals surface area contributed by atoms with Crippen LogP contribution in [0.25, 0.3) is 0 Å². The lowest BCUT2D eigenvalue weighted by Crippen LogP contribution is -2.26. The molecule has 0 bridgehead atoms. The van der Waals surface area contributed by atoms with Crippen molar-refractivity contribution in [3.63, 3.8) is 0 Å². The summed E-state index contributed by atoms with van der Waals surface area (Å²) in [4.78, 5) is 44.4. The topological polar surface area (TPSA) is 189 Å². The number of aryl methyl sites for hydroxylation is 1. The first-order valence-electron chi connectivity index (χ1n) is 8.93. The van der Waals surface area contributed by atoms with E-state index in [1.54, 1.807) is 17.0 Å². The number of aliphatic imine (C=N–C) groups is 1. The number of carboxylic acid groups (broad SMARTS) is 2. The summed E-state index contributed by atoms with van der Waals surface area (Å²) in [6.07, 6.45) is 2.12. The number of aromatic amines is 1. The molecular formula is C17H20F3N7O5S. The second-order valence-corrected chi connectivity index (χ2v) is 6.90. The van der Waals surface area contributed by atoms with Gasteiger partial charge in [0.2, 0.25) is 0 Å². The summed E-state index contributed by atoms with van der Waals surface area (Å²) in [6.45, 7) is -0.804. The van der Waals surface area contributed by atoms with Crippen molar-refractivity contribution in [3.8, 4) is 0 Å². The standard InChI is InChI=1S/C13H16F3N7OS.C4H4O4/c14-13(15,16)8-20-10(17)21-9-2-3-18-11(22-9)25-7-1-5-23-6-4-19-12(23)24;5-3(6)1-2-4(7)8/h2-4,6H,1,5,7-8H2,(H,19,24)(H3,17,18,20,21,22);1-2H,(H,5,6)(H,7,8)/b;2-1-. The normalized spacial score (nSPS) is 11.7. The monoisotopic (exact) mass is 491 g/mol. The van der Waals surface area contributed by atoms with Crippen LogP contribution in [0.2, 0.25) is 0 Å². The number of H-pyrrole nitrogens is 1. The molecule has 0 aliphatic carbocycles. The van der Waals surface area contributed by atoms with Gasteiger partial charge in [0, 0.05) is 43.0 Å². The Morgan fingerprint density at radius 1 is 1.30 bits per heavy atom. The molecule has 0 saturated carbocycles. The van der Waals surface area contributed by atoms with Gasteiger partial charge in [0.1, 0.15) is 12.4 Å². The number of guanidine groups is 1. The molecule has 0 unspecified atom stereocenters. The van der Waals surface area contributed by atoms with Crippen molar-refractivity contribution in [1.29, 1.82) is 0 Å². The van der Waals surface area contributed by atoms with E-state index in [0.29, 0.717) is 29.6 Å². The van der Waals surface area contributed by atoms with E-state index in [4.69, 9.17) is 15.9 Å². The Morgan fingerprint density at radius 3 is 2.52 bits per heavy atom. The molecule has 0 amide bonds. The third-order valence-electron chi connectivity index (χ3n) is 3.18. The van der Waals surface area contributed by atoms with Crippen molar-refractivity contribution in [2.24, 2.45) is 10.7 Å². The Morgan fingerprint density at radius 2 is 1.97 bits per heavy atom. The van der Waals surface area contributed by atoms with Gasteiger partial charge >= 0.3 is 23.8 Å². The highest BCUT2D eigenvalue weighted by Crippen LogP contribution is 2.16. The first-order valence-corrected chi connectivity index (χ1v) is 9.92. The van der Waals surface area contributed by atoms with Crippen molar-refractivity contribution in [1.82, 2.24) is 19.5 Å². The van der Waals surface area contributed by atoms with Crippen LogP contribution in [-0.2, 0) is 16.1 Å². The summed E-state index contributed by atoms with van der Waals surface area (Å²) in [5, 5.41) is 18.6. The van der Waals surface area contributed by atoms with E-state index in [1.165, 1.54) is 24.0 Å². The number of aromatic nitrogens is 4. The highest BCUT2D eigenvalue weighted by molar-refractivity contribution is 7.99. The molecule has 0 spiro atoms. The third-order valence-corrected chi connectivity index (χ3v) is 4.13. The SMILES string of the molecule is NC(=NCC(F)(F)F)Nc1ccnc(SCCCn2cc[nH]c2=O)n1.O=C(O)/C=C\C(=O)O. The Bertz CT molecular complexity index is 1020. The smallest absolute Gasteiger partial charge is 0.408 e. The number of nitrogens with two attached hydrogens (primary N) is 1. The Labute approximate surface area is 188 Å². The van der Waals surface area contributed by atoms with Gasteiger partial charge in [0.25, 0.3) is 0 Å².